The largest absolute Gasteiger partial charge is 0.493 e. The van der Waals surface area contributed by atoms with Gasteiger partial charge in [-0.15, -0.1) is 0 Å². The van der Waals surface area contributed by atoms with E-state index in [0.717, 1.165) is 27.3 Å². The molecule has 0 spiro atoms. The summed E-state index contributed by atoms with van der Waals surface area (Å²) in [4.78, 5) is 27.2. The topological polar surface area (TPSA) is 68.2 Å². The van der Waals surface area contributed by atoms with Crippen LogP contribution in [0.3, 0.4) is 0 Å². The summed E-state index contributed by atoms with van der Waals surface area (Å²) in [5, 5.41) is 5.43. The van der Waals surface area contributed by atoms with Crippen molar-refractivity contribution in [2.45, 2.75) is 11.8 Å². The second-order valence-electron chi connectivity index (χ2n) is 8.74. The molecule has 2 bridgehead atoms. The summed E-state index contributed by atoms with van der Waals surface area (Å²) in [5.41, 5.74) is 5.24. The van der Waals surface area contributed by atoms with E-state index in [0.29, 0.717) is 21.5 Å². The number of carbonyl (C=O) groups is 2. The second kappa shape index (κ2) is 7.81. The number of ether oxygens (including phenoxy) is 2. The third-order valence-electron chi connectivity index (χ3n) is 7.20. The van der Waals surface area contributed by atoms with Crippen LogP contribution in [0.5, 0.6) is 11.5 Å². The number of hydrogen-bond acceptors (Lipinski definition) is 5. The molecule has 170 valence electrons. The van der Waals surface area contributed by atoms with E-state index < -0.39 is 11.8 Å². The summed E-state index contributed by atoms with van der Waals surface area (Å²) in [5.74, 6) is -0.590. The molecular weight excluding hydrogens is 496 g/mol. The molecule has 0 saturated carbocycles. The average Bonchev–Trinajstić information content (AvgIpc) is 3.12. The van der Waals surface area contributed by atoms with Crippen LogP contribution in [-0.2, 0) is 9.59 Å². The highest BCUT2D eigenvalue weighted by atomic mass is 79.9. The summed E-state index contributed by atoms with van der Waals surface area (Å²) in [6.45, 7) is 0. The minimum Gasteiger partial charge on any atom is -0.493 e. The molecule has 0 N–H and O–H groups in total. The van der Waals surface area contributed by atoms with E-state index in [9.17, 15) is 9.59 Å². The van der Waals surface area contributed by atoms with Gasteiger partial charge in [0.1, 0.15) is 0 Å². The molecule has 0 aromatic heterocycles. The SMILES string of the molecule is COc1cc(/C=N\N2C(=O)[C@@H]3C4c5ccccc5C(c5ccccc54)[C@@H]3C2=O)cc(Br)c1OC. The number of carbonyl (C=O) groups excluding carboxylic acids is 2. The van der Waals surface area contributed by atoms with Crippen LogP contribution in [0.4, 0.5) is 0 Å². The zero-order chi connectivity index (χ0) is 23.6. The van der Waals surface area contributed by atoms with Crippen molar-refractivity contribution in [2.24, 2.45) is 16.9 Å². The molecule has 3 aromatic carbocycles. The third kappa shape index (κ3) is 2.83. The Labute approximate surface area is 205 Å². The Morgan fingerprint density at radius 2 is 1.32 bits per heavy atom. The number of halogens is 1. The van der Waals surface area contributed by atoms with E-state index in [1.807, 2.05) is 24.3 Å². The number of benzene rings is 3. The number of rotatable bonds is 4. The van der Waals surface area contributed by atoms with Crippen LogP contribution in [0.25, 0.3) is 0 Å². The Balaban J connectivity index is 1.40. The van der Waals surface area contributed by atoms with Gasteiger partial charge in [-0.2, -0.15) is 10.1 Å². The van der Waals surface area contributed by atoms with E-state index in [-0.39, 0.29) is 23.7 Å². The van der Waals surface area contributed by atoms with Gasteiger partial charge in [-0.05, 0) is 55.9 Å². The molecule has 0 radical (unpaired) electrons. The van der Waals surface area contributed by atoms with Gasteiger partial charge >= 0.3 is 0 Å². The lowest BCUT2D eigenvalue weighted by Crippen LogP contribution is -2.41. The molecule has 7 rings (SSSR count). The first-order valence-electron chi connectivity index (χ1n) is 11.1. The molecule has 1 aliphatic heterocycles. The maximum absolute atomic E-state index is 13.6. The van der Waals surface area contributed by atoms with Gasteiger partial charge in [0.2, 0.25) is 0 Å². The van der Waals surface area contributed by atoms with Crippen LogP contribution in [0.15, 0.2) is 70.2 Å². The quantitative estimate of drug-likeness (QED) is 0.372. The fraction of sp³-hybridized carbons (Fsp3) is 0.222. The molecule has 3 aromatic rings. The van der Waals surface area contributed by atoms with Crippen LogP contribution in [0.2, 0.25) is 0 Å². The van der Waals surface area contributed by atoms with Crippen molar-refractivity contribution in [2.75, 3.05) is 14.2 Å². The van der Waals surface area contributed by atoms with Crippen molar-refractivity contribution in [3.8, 4) is 11.5 Å². The Kier molecular flexibility index (Phi) is 4.85. The number of imide groups is 1. The normalized spacial score (nSPS) is 24.3. The predicted octanol–water partition coefficient (Wildman–Crippen LogP) is 4.69. The van der Waals surface area contributed by atoms with Crippen LogP contribution >= 0.6 is 15.9 Å². The van der Waals surface area contributed by atoms with Gasteiger partial charge in [-0.25, -0.2) is 0 Å². The number of hydrogen-bond donors (Lipinski definition) is 0. The molecule has 6 nitrogen and oxygen atoms in total. The van der Waals surface area contributed by atoms with Gasteiger partial charge in [0, 0.05) is 11.8 Å². The standard InChI is InChI=1S/C27H21BrN2O4/c1-33-20-12-14(11-19(28)25(20)34-2)13-29-30-26(31)23-21-15-7-3-4-8-16(15)22(24(23)27(30)32)18-10-6-5-9-17(18)21/h3-13,21-24H,1-2H3/b29-13-/t21?,22?,23-,24+. The van der Waals surface area contributed by atoms with Crippen molar-refractivity contribution in [3.63, 3.8) is 0 Å². The van der Waals surface area contributed by atoms with Gasteiger partial charge in [-0.3, -0.25) is 9.59 Å². The lowest BCUT2D eigenvalue weighted by atomic mass is 9.55. The minimum atomic E-state index is -0.448. The Bertz CT molecular complexity index is 1270. The lowest BCUT2D eigenvalue weighted by Gasteiger charge is -2.45. The highest BCUT2D eigenvalue weighted by Gasteiger charge is 2.61. The molecule has 34 heavy (non-hydrogen) atoms. The Hall–Kier alpha value is -3.45. The smallest absolute Gasteiger partial charge is 0.254 e. The zero-order valence-corrected chi connectivity index (χ0v) is 20.2. The van der Waals surface area contributed by atoms with E-state index in [2.05, 4.69) is 45.3 Å². The van der Waals surface area contributed by atoms with Crippen molar-refractivity contribution in [3.05, 3.63) is 93.0 Å². The average molecular weight is 517 g/mol. The van der Waals surface area contributed by atoms with Gasteiger partial charge in [0.25, 0.3) is 11.8 Å². The number of nitrogens with zero attached hydrogens (tertiary/aromatic N) is 2. The van der Waals surface area contributed by atoms with E-state index in [1.165, 1.54) is 6.21 Å². The van der Waals surface area contributed by atoms with Gasteiger partial charge < -0.3 is 9.47 Å². The van der Waals surface area contributed by atoms with E-state index >= 15 is 0 Å². The first kappa shape index (κ1) is 21.1. The molecule has 2 atom stereocenters. The fourth-order valence-electron chi connectivity index (χ4n) is 5.91. The summed E-state index contributed by atoms with van der Waals surface area (Å²) in [6.07, 6.45) is 1.52. The number of methoxy groups -OCH3 is 2. The van der Waals surface area contributed by atoms with E-state index in [4.69, 9.17) is 9.47 Å². The Morgan fingerprint density at radius 3 is 1.76 bits per heavy atom. The second-order valence-corrected chi connectivity index (χ2v) is 9.59. The third-order valence-corrected chi connectivity index (χ3v) is 7.79. The fourth-order valence-corrected chi connectivity index (χ4v) is 6.53. The number of amides is 2. The van der Waals surface area contributed by atoms with Crippen LogP contribution in [0.1, 0.15) is 39.7 Å². The summed E-state index contributed by atoms with van der Waals surface area (Å²) >= 11 is 3.47. The molecule has 3 aliphatic carbocycles. The van der Waals surface area contributed by atoms with Crippen molar-refractivity contribution >= 4 is 34.0 Å². The lowest BCUT2D eigenvalue weighted by molar-refractivity contribution is -0.139. The molecule has 1 heterocycles. The molecule has 7 heteroatoms. The van der Waals surface area contributed by atoms with Gasteiger partial charge in [0.15, 0.2) is 11.5 Å². The molecule has 1 fully saturated rings. The minimum absolute atomic E-state index is 0.144. The summed E-state index contributed by atoms with van der Waals surface area (Å²) in [7, 11) is 3.11. The van der Waals surface area contributed by atoms with Crippen molar-refractivity contribution < 1.29 is 19.1 Å². The zero-order valence-electron chi connectivity index (χ0n) is 18.6. The molecule has 2 amide bonds. The highest BCUT2D eigenvalue weighted by Crippen LogP contribution is 2.60. The van der Waals surface area contributed by atoms with Crippen LogP contribution in [0, 0.1) is 11.8 Å². The maximum atomic E-state index is 13.6. The summed E-state index contributed by atoms with van der Waals surface area (Å²) in [6, 6.07) is 19.9. The molecule has 1 saturated heterocycles. The maximum Gasteiger partial charge on any atom is 0.254 e. The first-order chi connectivity index (χ1) is 16.5. The van der Waals surface area contributed by atoms with Gasteiger partial charge in [0.05, 0.1) is 36.7 Å². The molecular formula is C27H21BrN2O4. The van der Waals surface area contributed by atoms with E-state index in [1.54, 1.807) is 26.4 Å². The van der Waals surface area contributed by atoms with Crippen LogP contribution < -0.4 is 9.47 Å². The number of hydrazone groups is 1. The predicted molar refractivity (Wildman–Crippen MR) is 130 cm³/mol. The van der Waals surface area contributed by atoms with Crippen LogP contribution in [-0.4, -0.2) is 37.3 Å². The summed E-state index contributed by atoms with van der Waals surface area (Å²) < 4.78 is 11.4. The van der Waals surface area contributed by atoms with Crippen molar-refractivity contribution in [1.82, 2.24) is 5.01 Å². The first-order valence-corrected chi connectivity index (χ1v) is 11.9. The molecule has 0 unspecified atom stereocenters. The molecule has 4 aliphatic rings. The monoisotopic (exact) mass is 516 g/mol. The van der Waals surface area contributed by atoms with Crippen molar-refractivity contribution in [1.29, 1.82) is 0 Å². The van der Waals surface area contributed by atoms with Gasteiger partial charge in [-0.1, -0.05) is 48.5 Å². The Morgan fingerprint density at radius 1 is 0.824 bits per heavy atom. The highest BCUT2D eigenvalue weighted by molar-refractivity contribution is 9.10.